The van der Waals surface area contributed by atoms with Crippen molar-refractivity contribution in [1.82, 2.24) is 0 Å². The Hall–Kier alpha value is -0.570. The second-order valence-electron chi connectivity index (χ2n) is 10.7. The number of rotatable bonds is 2. The van der Waals surface area contributed by atoms with E-state index in [4.69, 9.17) is 4.74 Å². The van der Waals surface area contributed by atoms with Gasteiger partial charge in [-0.05, 0) is 103 Å². The number of hydrogen-bond donors (Lipinski definition) is 1. The van der Waals surface area contributed by atoms with Crippen LogP contribution < -0.4 is 0 Å². The molecule has 0 amide bonds. The van der Waals surface area contributed by atoms with Crippen LogP contribution in [0.1, 0.15) is 39.0 Å². The van der Waals surface area contributed by atoms with Gasteiger partial charge in [0.25, 0.3) is 0 Å². The Morgan fingerprint density at radius 2 is 1.44 bits per heavy atom. The van der Waals surface area contributed by atoms with Gasteiger partial charge in [-0.25, -0.2) is 0 Å². The van der Waals surface area contributed by atoms with Crippen LogP contribution in [0.4, 0.5) is 0 Å². The van der Waals surface area contributed by atoms with Crippen molar-refractivity contribution in [1.29, 1.82) is 0 Å². The smallest absolute Gasteiger partial charge is 0.302 e. The van der Waals surface area contributed by atoms with Crippen molar-refractivity contribution in [3.05, 3.63) is 0 Å². The van der Waals surface area contributed by atoms with Crippen LogP contribution in [0.2, 0.25) is 0 Å². The lowest BCUT2D eigenvalue weighted by Crippen LogP contribution is -2.31. The average Bonchev–Trinajstić information content (AvgIpc) is 3.33. The van der Waals surface area contributed by atoms with Crippen molar-refractivity contribution in [3.8, 4) is 0 Å². The number of fused-ring (bicyclic) bond motifs is 5. The highest BCUT2D eigenvalue weighted by molar-refractivity contribution is 5.65. The van der Waals surface area contributed by atoms with Crippen LogP contribution in [0.25, 0.3) is 0 Å². The van der Waals surface area contributed by atoms with E-state index in [-0.39, 0.29) is 12.1 Å². The predicted molar refractivity (Wildman–Crippen MR) is 91.1 cm³/mol. The van der Waals surface area contributed by atoms with Crippen molar-refractivity contribution in [3.63, 3.8) is 0 Å². The molecule has 0 spiro atoms. The van der Waals surface area contributed by atoms with Crippen LogP contribution in [0.15, 0.2) is 0 Å². The van der Waals surface area contributed by atoms with Crippen molar-refractivity contribution in [2.24, 2.45) is 76.9 Å². The molecule has 0 radical (unpaired) electrons. The number of aliphatic hydroxyl groups is 1. The van der Waals surface area contributed by atoms with Crippen molar-refractivity contribution in [2.75, 3.05) is 6.61 Å². The monoisotopic (exact) mass is 342 g/mol. The first kappa shape index (κ1) is 14.5. The summed E-state index contributed by atoms with van der Waals surface area (Å²) in [5.41, 5.74) is 0. The molecular formula is C22H30O3. The highest BCUT2D eigenvalue weighted by Crippen LogP contribution is 2.83. The Morgan fingerprint density at radius 3 is 2.24 bits per heavy atom. The zero-order chi connectivity index (χ0) is 16.6. The maximum absolute atomic E-state index is 11.6. The van der Waals surface area contributed by atoms with Crippen LogP contribution in [-0.4, -0.2) is 23.8 Å². The third-order valence-electron chi connectivity index (χ3n) is 10.8. The molecule has 0 unspecified atom stereocenters. The van der Waals surface area contributed by atoms with Gasteiger partial charge in [-0.15, -0.1) is 0 Å². The third-order valence-corrected chi connectivity index (χ3v) is 10.8. The largest absolute Gasteiger partial charge is 0.466 e. The summed E-state index contributed by atoms with van der Waals surface area (Å²) in [6.07, 6.45) is 6.84. The molecule has 0 heterocycles. The standard InChI is InChI=1S/C22H30O3/c1-8(23)25-7-13-14-9-3-2-4-10(9)17-18(14)19-16(13)11-5-6-12-15(11)20(19)21(17)22(12)24/h9-22,24H,2-7H2,1H3/t9-,10+,11-,12-,13-,14+,15+,16+,17+,18+,19-,20-,21+,22-/m1/s1. The maximum Gasteiger partial charge on any atom is 0.302 e. The van der Waals surface area contributed by atoms with Crippen LogP contribution >= 0.6 is 0 Å². The van der Waals surface area contributed by atoms with Gasteiger partial charge >= 0.3 is 5.97 Å². The molecule has 14 atom stereocenters. The van der Waals surface area contributed by atoms with Crippen molar-refractivity contribution < 1.29 is 14.6 Å². The highest BCUT2D eigenvalue weighted by atomic mass is 16.5. The Kier molecular flexibility index (Phi) is 2.58. The summed E-state index contributed by atoms with van der Waals surface area (Å²) in [5, 5.41) is 11.2. The van der Waals surface area contributed by atoms with Crippen LogP contribution in [-0.2, 0) is 9.53 Å². The summed E-state index contributed by atoms with van der Waals surface area (Å²) >= 11 is 0. The van der Waals surface area contributed by atoms with E-state index in [1.54, 1.807) is 6.92 Å². The zero-order valence-electron chi connectivity index (χ0n) is 15.1. The fraction of sp³-hybridized carbons (Fsp3) is 0.955. The van der Waals surface area contributed by atoms with Crippen LogP contribution in [0.3, 0.4) is 0 Å². The summed E-state index contributed by atoms with van der Waals surface area (Å²) in [6.45, 7) is 2.27. The first-order valence-corrected chi connectivity index (χ1v) is 11.0. The minimum atomic E-state index is -0.0923. The second kappa shape index (κ2) is 4.46. The van der Waals surface area contributed by atoms with E-state index in [9.17, 15) is 9.90 Å². The number of hydrogen-bond acceptors (Lipinski definition) is 3. The average molecular weight is 342 g/mol. The lowest BCUT2D eigenvalue weighted by Gasteiger charge is -2.31. The lowest BCUT2D eigenvalue weighted by molar-refractivity contribution is -0.143. The molecule has 3 nitrogen and oxygen atoms in total. The Bertz CT molecular complexity index is 639. The third kappa shape index (κ3) is 1.41. The molecule has 0 aromatic heterocycles. The van der Waals surface area contributed by atoms with Gasteiger partial charge in [0.15, 0.2) is 0 Å². The second-order valence-corrected chi connectivity index (χ2v) is 10.7. The van der Waals surface area contributed by atoms with E-state index in [1.807, 2.05) is 0 Å². The molecule has 7 rings (SSSR count). The summed E-state index contributed by atoms with van der Waals surface area (Å²) < 4.78 is 5.66. The predicted octanol–water partition coefficient (Wildman–Crippen LogP) is 2.97. The zero-order valence-corrected chi connectivity index (χ0v) is 15.1. The Labute approximate surface area is 149 Å². The molecule has 0 aromatic rings. The number of ether oxygens (including phenoxy) is 1. The molecule has 3 heteroatoms. The summed E-state index contributed by atoms with van der Waals surface area (Å²) in [4.78, 5) is 11.6. The van der Waals surface area contributed by atoms with Gasteiger partial charge in [0, 0.05) is 6.92 Å². The van der Waals surface area contributed by atoms with Crippen LogP contribution in [0.5, 0.6) is 0 Å². The summed E-state index contributed by atoms with van der Waals surface area (Å²) in [7, 11) is 0. The molecule has 136 valence electrons. The van der Waals surface area contributed by atoms with Gasteiger partial charge in [-0.2, -0.15) is 0 Å². The molecule has 0 aromatic carbocycles. The summed E-state index contributed by atoms with van der Waals surface area (Å²) in [5.74, 6) is 10.3. The molecule has 7 fully saturated rings. The molecule has 1 N–H and O–H groups in total. The minimum absolute atomic E-state index is 0.0171. The summed E-state index contributed by atoms with van der Waals surface area (Å²) in [6, 6.07) is 0. The molecule has 0 bridgehead atoms. The number of esters is 1. The van der Waals surface area contributed by atoms with E-state index in [1.165, 1.54) is 32.1 Å². The number of carbonyl (C=O) groups excluding carboxylic acids is 1. The van der Waals surface area contributed by atoms with E-state index in [0.29, 0.717) is 24.4 Å². The highest BCUT2D eigenvalue weighted by Gasteiger charge is 2.80. The first-order chi connectivity index (χ1) is 12.2. The van der Waals surface area contributed by atoms with Gasteiger partial charge < -0.3 is 9.84 Å². The van der Waals surface area contributed by atoms with Gasteiger partial charge in [-0.1, -0.05) is 6.42 Å². The molecule has 25 heavy (non-hydrogen) atoms. The van der Waals surface area contributed by atoms with Crippen LogP contribution in [0, 0.1) is 76.9 Å². The molecule has 7 aliphatic rings. The van der Waals surface area contributed by atoms with E-state index < -0.39 is 0 Å². The first-order valence-electron chi connectivity index (χ1n) is 11.0. The minimum Gasteiger partial charge on any atom is -0.466 e. The van der Waals surface area contributed by atoms with Gasteiger partial charge in [0.1, 0.15) is 0 Å². The number of carbonyl (C=O) groups is 1. The van der Waals surface area contributed by atoms with Gasteiger partial charge in [-0.3, -0.25) is 4.79 Å². The molecule has 7 saturated carbocycles. The topological polar surface area (TPSA) is 46.5 Å². The fourth-order valence-electron chi connectivity index (χ4n) is 11.1. The van der Waals surface area contributed by atoms with Crippen molar-refractivity contribution in [2.45, 2.75) is 45.1 Å². The Balaban J connectivity index is 1.36. The van der Waals surface area contributed by atoms with Gasteiger partial charge in [0.2, 0.25) is 0 Å². The maximum atomic E-state index is 11.6. The SMILES string of the molecule is CC(=O)OC[C@H]1[C@@H]2[C@@H]3CC[C@H]4[C@@H](O)[C@H]5[C@H]6[C@H]7CCC[C@H]7[C@@H]1[C@@H]6[C@@H]2[C@H]5[C@H]43. The lowest BCUT2D eigenvalue weighted by atomic mass is 9.74. The molecule has 0 aliphatic heterocycles. The number of aliphatic hydroxyl groups excluding tert-OH is 1. The van der Waals surface area contributed by atoms with Crippen molar-refractivity contribution >= 4 is 5.97 Å². The van der Waals surface area contributed by atoms with E-state index >= 15 is 0 Å². The molecule has 7 aliphatic carbocycles. The molecular weight excluding hydrogens is 312 g/mol. The van der Waals surface area contributed by atoms with E-state index in [0.717, 1.165) is 59.2 Å². The fourth-order valence-corrected chi connectivity index (χ4v) is 11.1. The van der Waals surface area contributed by atoms with Gasteiger partial charge in [0.05, 0.1) is 12.7 Å². The normalized spacial score (nSPS) is 67.1. The quantitative estimate of drug-likeness (QED) is 0.785. The Morgan fingerprint density at radius 1 is 0.800 bits per heavy atom. The van der Waals surface area contributed by atoms with E-state index in [2.05, 4.69) is 0 Å². The molecule has 0 saturated heterocycles.